The van der Waals surface area contributed by atoms with Crippen LogP contribution >= 0.6 is 0 Å². The Bertz CT molecular complexity index is 1210. The lowest BCUT2D eigenvalue weighted by Crippen LogP contribution is -2.20. The van der Waals surface area contributed by atoms with Gasteiger partial charge in [-0.15, -0.1) is 0 Å². The van der Waals surface area contributed by atoms with Gasteiger partial charge in [0.2, 0.25) is 5.88 Å². The number of nitrogens with two attached hydrogens (primary N) is 1. The second-order valence-electron chi connectivity index (χ2n) is 8.26. The van der Waals surface area contributed by atoms with E-state index in [0.717, 1.165) is 30.4 Å². The van der Waals surface area contributed by atoms with Crippen molar-refractivity contribution in [2.75, 3.05) is 42.7 Å². The van der Waals surface area contributed by atoms with E-state index in [1.807, 2.05) is 6.92 Å². The lowest BCUT2D eigenvalue weighted by Gasteiger charge is -2.22. The zero-order valence-corrected chi connectivity index (χ0v) is 19.2. The number of amides is 1. The van der Waals surface area contributed by atoms with Gasteiger partial charge in [0.1, 0.15) is 18.1 Å². The van der Waals surface area contributed by atoms with Crippen LogP contribution in [-0.2, 0) is 4.74 Å². The molecular weight excluding hydrogens is 441 g/mol. The molecule has 0 spiro atoms. The SMILES string of the molecule is CCC1CCOC1.Cc1c(-c2cc3cc(NC(=O)O)ncc3c(N)c2F)cnc2c1NCCO2. The minimum absolute atomic E-state index is 0.0572. The Kier molecular flexibility index (Phi) is 6.97. The van der Waals surface area contributed by atoms with Gasteiger partial charge in [0.15, 0.2) is 5.82 Å². The summed E-state index contributed by atoms with van der Waals surface area (Å²) in [5.41, 5.74) is 8.28. The van der Waals surface area contributed by atoms with E-state index in [9.17, 15) is 9.18 Å². The molecule has 1 saturated heterocycles. The van der Waals surface area contributed by atoms with E-state index in [-0.39, 0.29) is 17.1 Å². The number of ether oxygens (including phenoxy) is 2. The number of nitrogens with one attached hydrogen (secondary N) is 2. The van der Waals surface area contributed by atoms with E-state index in [2.05, 4.69) is 27.5 Å². The highest BCUT2D eigenvalue weighted by atomic mass is 19.1. The van der Waals surface area contributed by atoms with Crippen LogP contribution in [0.5, 0.6) is 5.88 Å². The van der Waals surface area contributed by atoms with Gasteiger partial charge in [0.05, 0.1) is 5.69 Å². The predicted octanol–water partition coefficient (Wildman–Crippen LogP) is 4.65. The molecule has 1 amide bonds. The Morgan fingerprint density at radius 3 is 2.79 bits per heavy atom. The van der Waals surface area contributed by atoms with Gasteiger partial charge in [-0.3, -0.25) is 5.32 Å². The maximum Gasteiger partial charge on any atom is 0.410 e. The highest BCUT2D eigenvalue weighted by molar-refractivity contribution is 5.99. The van der Waals surface area contributed by atoms with Crippen LogP contribution in [0.2, 0.25) is 0 Å². The standard InChI is InChI=1S/C18H16FN5O3.C6H12O/c1-8-11(6-23-17-16(8)21-2-3-27-17)10-4-9-5-13(24-18(25)26)22-7-12(9)15(20)14(10)19;1-2-6-3-4-7-5-6/h4-7,21H,2-3,20H2,1H3,(H,22,24)(H,25,26);6H,2-5H2,1H3. The number of nitrogen functional groups attached to an aromatic ring is 1. The van der Waals surface area contributed by atoms with Crippen LogP contribution in [0.3, 0.4) is 0 Å². The molecule has 2 aliphatic rings. The molecule has 1 unspecified atom stereocenters. The highest BCUT2D eigenvalue weighted by Crippen LogP contribution is 2.39. The molecule has 1 fully saturated rings. The third-order valence-electron chi connectivity index (χ3n) is 6.07. The van der Waals surface area contributed by atoms with Crippen molar-refractivity contribution in [2.45, 2.75) is 26.7 Å². The number of pyridine rings is 2. The average molecular weight is 470 g/mol. The Hall–Kier alpha value is -3.66. The molecule has 0 radical (unpaired) electrons. The number of anilines is 3. The zero-order chi connectivity index (χ0) is 24.2. The first-order chi connectivity index (χ1) is 16.4. The lowest BCUT2D eigenvalue weighted by molar-refractivity contribution is 0.185. The second-order valence-corrected chi connectivity index (χ2v) is 8.26. The van der Waals surface area contributed by atoms with Crippen molar-refractivity contribution in [3.8, 4) is 17.0 Å². The molecule has 0 aliphatic carbocycles. The van der Waals surface area contributed by atoms with E-state index in [1.54, 1.807) is 12.3 Å². The van der Waals surface area contributed by atoms with Gasteiger partial charge in [-0.2, -0.15) is 0 Å². The first-order valence-electron chi connectivity index (χ1n) is 11.2. The van der Waals surface area contributed by atoms with E-state index in [0.29, 0.717) is 35.4 Å². The molecule has 4 heterocycles. The summed E-state index contributed by atoms with van der Waals surface area (Å²) in [6.45, 7) is 7.23. The number of fused-ring (bicyclic) bond motifs is 2. The summed E-state index contributed by atoms with van der Waals surface area (Å²) in [6.07, 6.45) is 4.23. The number of hydrogen-bond donors (Lipinski definition) is 4. The summed E-state index contributed by atoms with van der Waals surface area (Å²) in [5.74, 6) is 0.904. The van der Waals surface area contributed by atoms with Gasteiger partial charge in [0.25, 0.3) is 0 Å². The van der Waals surface area contributed by atoms with Crippen molar-refractivity contribution in [1.82, 2.24) is 9.97 Å². The van der Waals surface area contributed by atoms with Crippen molar-refractivity contribution < 1.29 is 23.8 Å². The molecule has 180 valence electrons. The first kappa shape index (κ1) is 23.5. The maximum absolute atomic E-state index is 15.0. The molecule has 9 nitrogen and oxygen atoms in total. The number of carbonyl (C=O) groups is 1. The van der Waals surface area contributed by atoms with Crippen molar-refractivity contribution in [2.24, 2.45) is 5.92 Å². The van der Waals surface area contributed by atoms with Gasteiger partial charge >= 0.3 is 6.09 Å². The van der Waals surface area contributed by atoms with Crippen LogP contribution in [-0.4, -0.2) is 47.5 Å². The summed E-state index contributed by atoms with van der Waals surface area (Å²) >= 11 is 0. The second kappa shape index (κ2) is 10.1. The van der Waals surface area contributed by atoms with Crippen molar-refractivity contribution in [3.05, 3.63) is 35.9 Å². The van der Waals surface area contributed by atoms with E-state index >= 15 is 0 Å². The number of rotatable bonds is 3. The maximum atomic E-state index is 15.0. The molecule has 1 atom stereocenters. The highest BCUT2D eigenvalue weighted by Gasteiger charge is 2.21. The van der Waals surface area contributed by atoms with Crippen LogP contribution < -0.4 is 21.1 Å². The molecule has 0 saturated carbocycles. The van der Waals surface area contributed by atoms with E-state index in [4.69, 9.17) is 20.3 Å². The molecule has 1 aromatic carbocycles. The van der Waals surface area contributed by atoms with Gasteiger partial charge in [-0.25, -0.2) is 19.2 Å². The van der Waals surface area contributed by atoms with Crippen LogP contribution in [0.4, 0.5) is 26.4 Å². The van der Waals surface area contributed by atoms with Crippen LogP contribution in [0.15, 0.2) is 24.5 Å². The fourth-order valence-electron chi connectivity index (χ4n) is 4.07. The fraction of sp³-hybridized carbons (Fsp3) is 0.375. The van der Waals surface area contributed by atoms with Crippen molar-refractivity contribution in [1.29, 1.82) is 0 Å². The third kappa shape index (κ3) is 4.81. The van der Waals surface area contributed by atoms with E-state index in [1.165, 1.54) is 25.1 Å². The molecule has 5 N–H and O–H groups in total. The predicted molar refractivity (Wildman–Crippen MR) is 129 cm³/mol. The summed E-state index contributed by atoms with van der Waals surface area (Å²) in [4.78, 5) is 19.1. The Morgan fingerprint density at radius 1 is 1.29 bits per heavy atom. The topological polar surface area (TPSA) is 132 Å². The number of halogens is 1. The summed E-state index contributed by atoms with van der Waals surface area (Å²) in [6, 6.07) is 3.11. The van der Waals surface area contributed by atoms with Gasteiger partial charge in [-0.1, -0.05) is 13.3 Å². The number of hydrogen-bond acceptors (Lipinski definition) is 7. The largest absolute Gasteiger partial charge is 0.474 e. The molecule has 5 rings (SSSR count). The zero-order valence-electron chi connectivity index (χ0n) is 19.2. The summed E-state index contributed by atoms with van der Waals surface area (Å²) in [7, 11) is 0. The number of aromatic nitrogens is 2. The monoisotopic (exact) mass is 469 g/mol. The Balaban J connectivity index is 0.000000336. The van der Waals surface area contributed by atoms with Crippen LogP contribution in [0.25, 0.3) is 21.9 Å². The van der Waals surface area contributed by atoms with Crippen LogP contribution in [0, 0.1) is 18.7 Å². The molecule has 0 bridgehead atoms. The van der Waals surface area contributed by atoms with Gasteiger partial charge < -0.3 is 25.6 Å². The fourth-order valence-corrected chi connectivity index (χ4v) is 4.07. The smallest absolute Gasteiger partial charge is 0.410 e. The molecule has 10 heteroatoms. The van der Waals surface area contributed by atoms with Gasteiger partial charge in [-0.05, 0) is 42.3 Å². The number of benzene rings is 1. The minimum Gasteiger partial charge on any atom is -0.474 e. The quantitative estimate of drug-likeness (QED) is 0.408. The molecule has 3 aromatic rings. The molecule has 34 heavy (non-hydrogen) atoms. The molecule has 2 aromatic heterocycles. The summed E-state index contributed by atoms with van der Waals surface area (Å²) in [5, 5.41) is 15.2. The van der Waals surface area contributed by atoms with Crippen LogP contribution in [0.1, 0.15) is 25.3 Å². The number of carboxylic acid groups (broad SMARTS) is 1. The Labute approximate surface area is 196 Å². The Morgan fingerprint density at radius 2 is 2.12 bits per heavy atom. The number of nitrogens with zero attached hydrogens (tertiary/aromatic N) is 2. The lowest BCUT2D eigenvalue weighted by atomic mass is 9.97. The molecule has 2 aliphatic heterocycles. The van der Waals surface area contributed by atoms with Crippen molar-refractivity contribution in [3.63, 3.8) is 0 Å². The van der Waals surface area contributed by atoms with Crippen molar-refractivity contribution >= 4 is 34.1 Å². The first-order valence-corrected chi connectivity index (χ1v) is 11.2. The molecular formula is C24H28FN5O4. The normalized spacial score (nSPS) is 16.6. The van der Waals surface area contributed by atoms with Gasteiger partial charge in [0, 0.05) is 48.7 Å². The summed E-state index contributed by atoms with van der Waals surface area (Å²) < 4.78 is 25.7. The van der Waals surface area contributed by atoms with E-state index < -0.39 is 11.9 Å². The average Bonchev–Trinajstić information content (AvgIpc) is 3.36. The third-order valence-corrected chi connectivity index (χ3v) is 6.07. The minimum atomic E-state index is -1.24.